The summed E-state index contributed by atoms with van der Waals surface area (Å²) in [6.45, 7) is 8.27. The summed E-state index contributed by atoms with van der Waals surface area (Å²) in [5.74, 6) is 1.84. The van der Waals surface area contributed by atoms with Crippen LogP contribution in [-0.2, 0) is 0 Å². The highest BCUT2D eigenvalue weighted by molar-refractivity contribution is 5.96. The Labute approximate surface area is 109 Å². The van der Waals surface area contributed by atoms with Gasteiger partial charge >= 0.3 is 0 Å². The fourth-order valence-corrected chi connectivity index (χ4v) is 2.25. The first-order valence-electron chi connectivity index (χ1n) is 6.27. The molecule has 0 amide bonds. The molecule has 0 saturated carbocycles. The van der Waals surface area contributed by atoms with Crippen LogP contribution in [0.15, 0.2) is 24.3 Å². The second-order valence-corrected chi connectivity index (χ2v) is 4.94. The Balaban J connectivity index is 2.77. The van der Waals surface area contributed by atoms with Crippen LogP contribution in [0.3, 0.4) is 0 Å². The molecule has 0 bridgehead atoms. The predicted molar refractivity (Wildman–Crippen MR) is 75.7 cm³/mol. The normalized spacial score (nSPS) is 11.0. The molecule has 18 heavy (non-hydrogen) atoms. The fourth-order valence-electron chi connectivity index (χ4n) is 2.25. The minimum absolute atomic E-state index is 0.167. The summed E-state index contributed by atoms with van der Waals surface area (Å²) in [6, 6.07) is 8.32. The Kier molecular flexibility index (Phi) is 3.46. The van der Waals surface area contributed by atoms with E-state index in [0.717, 1.165) is 22.3 Å². The van der Waals surface area contributed by atoms with Crippen LogP contribution in [0.4, 0.5) is 0 Å². The minimum atomic E-state index is 0.167. The molecular weight excluding hydrogens is 224 g/mol. The van der Waals surface area contributed by atoms with Crippen molar-refractivity contribution in [1.29, 1.82) is 0 Å². The van der Waals surface area contributed by atoms with Gasteiger partial charge in [-0.05, 0) is 57.0 Å². The third-order valence-corrected chi connectivity index (χ3v) is 2.97. The first-order valence-corrected chi connectivity index (χ1v) is 6.27. The molecule has 2 nitrogen and oxygen atoms in total. The van der Waals surface area contributed by atoms with Gasteiger partial charge in [-0.25, -0.2) is 0 Å². The van der Waals surface area contributed by atoms with Gasteiger partial charge in [0.1, 0.15) is 11.5 Å². The summed E-state index contributed by atoms with van der Waals surface area (Å²) in [5.41, 5.74) is 2.39. The average Bonchev–Trinajstić information content (AvgIpc) is 2.27. The maximum atomic E-state index is 5.93. The van der Waals surface area contributed by atoms with Crippen molar-refractivity contribution in [2.75, 3.05) is 7.11 Å². The lowest BCUT2D eigenvalue weighted by molar-refractivity contribution is 0.245. The molecule has 0 aliphatic rings. The third-order valence-electron chi connectivity index (χ3n) is 2.97. The van der Waals surface area contributed by atoms with E-state index >= 15 is 0 Å². The summed E-state index contributed by atoms with van der Waals surface area (Å²) >= 11 is 0. The first-order chi connectivity index (χ1) is 8.52. The van der Waals surface area contributed by atoms with E-state index in [2.05, 4.69) is 32.0 Å². The zero-order valence-corrected chi connectivity index (χ0v) is 11.7. The molecule has 0 N–H and O–H groups in total. The molecule has 0 radical (unpaired) electrons. The van der Waals surface area contributed by atoms with Gasteiger partial charge in [0.2, 0.25) is 0 Å². The molecule has 0 aliphatic heterocycles. The Morgan fingerprint density at radius 1 is 1.00 bits per heavy atom. The van der Waals surface area contributed by atoms with Crippen molar-refractivity contribution in [3.63, 3.8) is 0 Å². The third kappa shape index (κ3) is 2.28. The fraction of sp³-hybridized carbons (Fsp3) is 0.375. The van der Waals surface area contributed by atoms with Crippen LogP contribution in [0.1, 0.15) is 25.0 Å². The van der Waals surface area contributed by atoms with Gasteiger partial charge in [0.25, 0.3) is 0 Å². The molecule has 96 valence electrons. The van der Waals surface area contributed by atoms with E-state index in [1.807, 2.05) is 19.9 Å². The minimum Gasteiger partial charge on any atom is -0.496 e. The van der Waals surface area contributed by atoms with E-state index < -0.39 is 0 Å². The van der Waals surface area contributed by atoms with Crippen LogP contribution < -0.4 is 9.47 Å². The van der Waals surface area contributed by atoms with E-state index in [-0.39, 0.29) is 6.10 Å². The second-order valence-electron chi connectivity index (χ2n) is 4.94. The summed E-state index contributed by atoms with van der Waals surface area (Å²) in [7, 11) is 1.70. The van der Waals surface area contributed by atoms with E-state index in [4.69, 9.17) is 9.47 Å². The quantitative estimate of drug-likeness (QED) is 0.803. The molecule has 0 aromatic heterocycles. The van der Waals surface area contributed by atoms with Crippen molar-refractivity contribution >= 4 is 10.8 Å². The number of fused-ring (bicyclic) bond motifs is 1. The summed E-state index contributed by atoms with van der Waals surface area (Å²) in [5, 5.41) is 2.27. The van der Waals surface area contributed by atoms with Crippen molar-refractivity contribution in [3.8, 4) is 11.5 Å². The number of hydrogen-bond donors (Lipinski definition) is 0. The Morgan fingerprint density at radius 3 is 2.33 bits per heavy atom. The van der Waals surface area contributed by atoms with Gasteiger partial charge in [-0.2, -0.15) is 0 Å². The second kappa shape index (κ2) is 4.89. The molecule has 0 unspecified atom stereocenters. The highest BCUT2D eigenvalue weighted by atomic mass is 16.5. The molecule has 0 spiro atoms. The number of methoxy groups -OCH3 is 1. The molecule has 2 aromatic carbocycles. The van der Waals surface area contributed by atoms with Crippen LogP contribution in [0.5, 0.6) is 11.5 Å². The van der Waals surface area contributed by atoms with Crippen molar-refractivity contribution in [1.82, 2.24) is 0 Å². The highest BCUT2D eigenvalue weighted by Gasteiger charge is 2.11. The van der Waals surface area contributed by atoms with Gasteiger partial charge in [-0.3, -0.25) is 0 Å². The summed E-state index contributed by atoms with van der Waals surface area (Å²) in [4.78, 5) is 0. The number of aryl methyl sites for hydroxylation is 2. The van der Waals surface area contributed by atoms with E-state index in [9.17, 15) is 0 Å². The SMILES string of the molecule is COc1ccc(C)c2c(OC(C)C)cc(C)cc12. The smallest absolute Gasteiger partial charge is 0.128 e. The number of hydrogen-bond acceptors (Lipinski definition) is 2. The average molecular weight is 244 g/mol. The lowest BCUT2D eigenvalue weighted by atomic mass is 10.0. The highest BCUT2D eigenvalue weighted by Crippen LogP contribution is 2.36. The first kappa shape index (κ1) is 12.7. The molecule has 2 heteroatoms. The van der Waals surface area contributed by atoms with Gasteiger partial charge in [-0.1, -0.05) is 6.07 Å². The van der Waals surface area contributed by atoms with Gasteiger partial charge in [-0.15, -0.1) is 0 Å². The Morgan fingerprint density at radius 2 is 1.72 bits per heavy atom. The molecule has 0 aliphatic carbocycles. The summed E-state index contributed by atoms with van der Waals surface area (Å²) in [6.07, 6.45) is 0.167. The molecule has 0 heterocycles. The van der Waals surface area contributed by atoms with Crippen LogP contribution in [0.25, 0.3) is 10.8 Å². The van der Waals surface area contributed by atoms with Crippen LogP contribution in [-0.4, -0.2) is 13.2 Å². The maximum Gasteiger partial charge on any atom is 0.128 e. The van der Waals surface area contributed by atoms with Crippen molar-refractivity contribution in [2.45, 2.75) is 33.8 Å². The maximum absolute atomic E-state index is 5.93. The van der Waals surface area contributed by atoms with Gasteiger partial charge in [0.05, 0.1) is 13.2 Å². The zero-order chi connectivity index (χ0) is 13.3. The van der Waals surface area contributed by atoms with Crippen LogP contribution in [0.2, 0.25) is 0 Å². The lowest BCUT2D eigenvalue weighted by Crippen LogP contribution is -2.06. The zero-order valence-electron chi connectivity index (χ0n) is 11.7. The van der Waals surface area contributed by atoms with Gasteiger partial charge < -0.3 is 9.47 Å². The van der Waals surface area contributed by atoms with E-state index in [0.29, 0.717) is 0 Å². The van der Waals surface area contributed by atoms with Crippen molar-refractivity contribution in [3.05, 3.63) is 35.4 Å². The molecule has 0 fully saturated rings. The Bertz CT molecular complexity index is 571. The largest absolute Gasteiger partial charge is 0.496 e. The standard InChI is InChI=1S/C16H20O2/c1-10(2)18-15-9-11(3)8-13-14(17-5)7-6-12(4)16(13)15/h6-10H,1-5H3. The van der Waals surface area contributed by atoms with Crippen molar-refractivity contribution in [2.24, 2.45) is 0 Å². The number of benzene rings is 2. The summed E-state index contributed by atoms with van der Waals surface area (Å²) < 4.78 is 11.4. The lowest BCUT2D eigenvalue weighted by Gasteiger charge is -2.16. The van der Waals surface area contributed by atoms with Crippen LogP contribution in [0, 0.1) is 13.8 Å². The molecule has 2 aromatic rings. The molecule has 2 rings (SSSR count). The number of rotatable bonds is 3. The van der Waals surface area contributed by atoms with Crippen molar-refractivity contribution < 1.29 is 9.47 Å². The molecular formula is C16H20O2. The molecule has 0 atom stereocenters. The van der Waals surface area contributed by atoms with Gasteiger partial charge in [0, 0.05) is 10.8 Å². The molecule has 0 saturated heterocycles. The monoisotopic (exact) mass is 244 g/mol. The van der Waals surface area contributed by atoms with Crippen LogP contribution >= 0.6 is 0 Å². The van der Waals surface area contributed by atoms with E-state index in [1.165, 1.54) is 11.1 Å². The number of ether oxygens (including phenoxy) is 2. The topological polar surface area (TPSA) is 18.5 Å². The van der Waals surface area contributed by atoms with Gasteiger partial charge in [0.15, 0.2) is 0 Å². The van der Waals surface area contributed by atoms with E-state index in [1.54, 1.807) is 7.11 Å². The predicted octanol–water partition coefficient (Wildman–Crippen LogP) is 4.25. The Hall–Kier alpha value is -1.70.